The standard InChI is InChI=1S/C18H21N5O2/c1-11-16(13-6-4-5-7-14(13)19-11)18(24)23-9-8-22(3)15(10-23)17-20-12(2)21-25-17/h4-7,15,19H,8-10H2,1-3H3. The Morgan fingerprint density at radius 2 is 2.08 bits per heavy atom. The Labute approximate surface area is 145 Å². The predicted molar refractivity (Wildman–Crippen MR) is 93.3 cm³/mol. The van der Waals surface area contributed by atoms with E-state index in [2.05, 4.69) is 20.0 Å². The summed E-state index contributed by atoms with van der Waals surface area (Å²) in [5, 5.41) is 4.85. The van der Waals surface area contributed by atoms with Crippen LogP contribution in [0.25, 0.3) is 10.9 Å². The zero-order chi connectivity index (χ0) is 17.6. The van der Waals surface area contributed by atoms with E-state index in [0.717, 1.165) is 28.7 Å². The summed E-state index contributed by atoms with van der Waals surface area (Å²) < 4.78 is 5.34. The number of fused-ring (bicyclic) bond motifs is 1. The second kappa shape index (κ2) is 6.00. The van der Waals surface area contributed by atoms with Gasteiger partial charge in [0.25, 0.3) is 5.91 Å². The molecule has 4 rings (SSSR count). The summed E-state index contributed by atoms with van der Waals surface area (Å²) in [6.45, 7) is 5.73. The lowest BCUT2D eigenvalue weighted by atomic mass is 10.1. The number of carbonyl (C=O) groups is 1. The van der Waals surface area contributed by atoms with Crippen LogP contribution in [0, 0.1) is 13.8 Å². The van der Waals surface area contributed by atoms with Crippen molar-refractivity contribution in [3.8, 4) is 0 Å². The molecule has 1 aromatic carbocycles. The summed E-state index contributed by atoms with van der Waals surface area (Å²) in [6.07, 6.45) is 0. The molecule has 1 atom stereocenters. The molecule has 7 heteroatoms. The van der Waals surface area contributed by atoms with Gasteiger partial charge >= 0.3 is 0 Å². The second-order valence-electron chi connectivity index (χ2n) is 6.60. The van der Waals surface area contributed by atoms with Gasteiger partial charge in [-0.3, -0.25) is 9.69 Å². The molecule has 0 aliphatic carbocycles. The fraction of sp³-hybridized carbons (Fsp3) is 0.389. The first-order valence-electron chi connectivity index (χ1n) is 8.41. The van der Waals surface area contributed by atoms with Gasteiger partial charge in [-0.15, -0.1) is 0 Å². The zero-order valence-corrected chi connectivity index (χ0v) is 14.6. The van der Waals surface area contributed by atoms with Gasteiger partial charge in [-0.25, -0.2) is 0 Å². The first kappa shape index (κ1) is 15.8. The third kappa shape index (κ3) is 2.70. The molecule has 1 fully saturated rings. The number of aryl methyl sites for hydroxylation is 2. The van der Waals surface area contributed by atoms with Gasteiger partial charge in [-0.2, -0.15) is 4.98 Å². The van der Waals surface area contributed by atoms with Gasteiger partial charge in [0.15, 0.2) is 5.82 Å². The topological polar surface area (TPSA) is 78.3 Å². The van der Waals surface area contributed by atoms with Gasteiger partial charge in [0.1, 0.15) is 6.04 Å². The number of nitrogens with zero attached hydrogens (tertiary/aromatic N) is 4. The summed E-state index contributed by atoms with van der Waals surface area (Å²) in [6, 6.07) is 7.83. The minimum absolute atomic E-state index is 0.0456. The number of rotatable bonds is 2. The van der Waals surface area contributed by atoms with Crippen molar-refractivity contribution in [3.05, 3.63) is 47.2 Å². The Morgan fingerprint density at radius 1 is 1.28 bits per heavy atom. The highest BCUT2D eigenvalue weighted by Gasteiger charge is 2.33. The van der Waals surface area contributed by atoms with Crippen LogP contribution in [-0.4, -0.2) is 57.5 Å². The number of carbonyl (C=O) groups excluding carboxylic acids is 1. The number of aromatic nitrogens is 3. The molecule has 0 saturated carbocycles. The van der Waals surface area contributed by atoms with Crippen LogP contribution in [0.15, 0.2) is 28.8 Å². The molecule has 3 heterocycles. The first-order chi connectivity index (χ1) is 12.0. The van der Waals surface area contributed by atoms with Crippen molar-refractivity contribution >= 4 is 16.8 Å². The molecular weight excluding hydrogens is 318 g/mol. The predicted octanol–water partition coefficient (Wildman–Crippen LogP) is 2.30. The van der Waals surface area contributed by atoms with Crippen LogP contribution in [0.2, 0.25) is 0 Å². The van der Waals surface area contributed by atoms with E-state index in [1.165, 1.54) is 0 Å². The molecule has 0 bridgehead atoms. The van der Waals surface area contributed by atoms with Gasteiger partial charge in [-0.1, -0.05) is 23.4 Å². The van der Waals surface area contributed by atoms with E-state index in [-0.39, 0.29) is 11.9 Å². The molecule has 1 aliphatic rings. The van der Waals surface area contributed by atoms with E-state index in [1.54, 1.807) is 6.92 Å². The van der Waals surface area contributed by atoms with Gasteiger partial charge < -0.3 is 14.4 Å². The quantitative estimate of drug-likeness (QED) is 0.775. The normalized spacial score (nSPS) is 18.8. The number of piperazine rings is 1. The molecule has 1 N–H and O–H groups in total. The van der Waals surface area contributed by atoms with E-state index >= 15 is 0 Å². The van der Waals surface area contributed by atoms with Crippen molar-refractivity contribution in [1.29, 1.82) is 0 Å². The van der Waals surface area contributed by atoms with Gasteiger partial charge in [0, 0.05) is 36.2 Å². The lowest BCUT2D eigenvalue weighted by molar-refractivity contribution is 0.0490. The SMILES string of the molecule is Cc1noc(C2CN(C(=O)c3c(C)[nH]c4ccccc34)CCN2C)n1. The van der Waals surface area contributed by atoms with E-state index in [4.69, 9.17) is 4.52 Å². The maximum atomic E-state index is 13.2. The smallest absolute Gasteiger partial charge is 0.256 e. The highest BCUT2D eigenvalue weighted by molar-refractivity contribution is 6.08. The largest absolute Gasteiger partial charge is 0.358 e. The molecule has 1 aliphatic heterocycles. The van der Waals surface area contributed by atoms with Gasteiger partial charge in [0.05, 0.1) is 5.56 Å². The molecule has 0 radical (unpaired) electrons. The number of aromatic amines is 1. The van der Waals surface area contributed by atoms with Crippen molar-refractivity contribution in [1.82, 2.24) is 24.9 Å². The van der Waals surface area contributed by atoms with Crippen molar-refractivity contribution in [2.45, 2.75) is 19.9 Å². The third-order valence-corrected chi connectivity index (χ3v) is 4.87. The number of para-hydroxylation sites is 1. The Balaban J connectivity index is 1.64. The first-order valence-corrected chi connectivity index (χ1v) is 8.41. The van der Waals surface area contributed by atoms with E-state index < -0.39 is 0 Å². The van der Waals surface area contributed by atoms with Crippen LogP contribution in [0.1, 0.15) is 33.8 Å². The maximum absolute atomic E-state index is 13.2. The summed E-state index contributed by atoms with van der Waals surface area (Å²) in [5.41, 5.74) is 2.64. The number of amides is 1. The molecule has 1 amide bonds. The van der Waals surface area contributed by atoms with Gasteiger partial charge in [0.2, 0.25) is 5.89 Å². The number of likely N-dealkylation sites (N-methyl/N-ethyl adjacent to an activating group) is 1. The summed E-state index contributed by atoms with van der Waals surface area (Å²) in [4.78, 5) is 24.9. The van der Waals surface area contributed by atoms with Crippen LogP contribution >= 0.6 is 0 Å². The summed E-state index contributed by atoms with van der Waals surface area (Å²) >= 11 is 0. The van der Waals surface area contributed by atoms with E-state index in [9.17, 15) is 4.79 Å². The third-order valence-electron chi connectivity index (χ3n) is 4.87. The molecule has 2 aromatic heterocycles. The van der Waals surface area contributed by atoms with Crippen LogP contribution in [0.3, 0.4) is 0 Å². The minimum atomic E-state index is -0.0792. The molecular formula is C18H21N5O2. The average Bonchev–Trinajstić information content (AvgIpc) is 3.17. The van der Waals surface area contributed by atoms with Crippen LogP contribution in [-0.2, 0) is 0 Å². The fourth-order valence-electron chi connectivity index (χ4n) is 3.48. The van der Waals surface area contributed by atoms with E-state index in [1.807, 2.05) is 43.1 Å². The monoisotopic (exact) mass is 339 g/mol. The molecule has 130 valence electrons. The zero-order valence-electron chi connectivity index (χ0n) is 14.6. The van der Waals surface area contributed by atoms with Gasteiger partial charge in [-0.05, 0) is 27.0 Å². The van der Waals surface area contributed by atoms with Crippen molar-refractivity contribution in [2.75, 3.05) is 26.7 Å². The average molecular weight is 339 g/mol. The Hall–Kier alpha value is -2.67. The minimum Gasteiger partial charge on any atom is -0.358 e. The molecule has 3 aromatic rings. The summed E-state index contributed by atoms with van der Waals surface area (Å²) in [7, 11) is 2.02. The fourth-order valence-corrected chi connectivity index (χ4v) is 3.48. The van der Waals surface area contributed by atoms with Crippen molar-refractivity contribution in [3.63, 3.8) is 0 Å². The molecule has 25 heavy (non-hydrogen) atoms. The maximum Gasteiger partial charge on any atom is 0.256 e. The number of benzene rings is 1. The lowest BCUT2D eigenvalue weighted by Crippen LogP contribution is -2.49. The molecule has 0 spiro atoms. The number of H-pyrrole nitrogens is 1. The lowest BCUT2D eigenvalue weighted by Gasteiger charge is -2.37. The number of hydrogen-bond acceptors (Lipinski definition) is 5. The number of nitrogens with one attached hydrogen (secondary N) is 1. The van der Waals surface area contributed by atoms with Crippen molar-refractivity contribution in [2.24, 2.45) is 0 Å². The molecule has 7 nitrogen and oxygen atoms in total. The van der Waals surface area contributed by atoms with Crippen molar-refractivity contribution < 1.29 is 9.32 Å². The van der Waals surface area contributed by atoms with Crippen LogP contribution in [0.4, 0.5) is 0 Å². The second-order valence-corrected chi connectivity index (χ2v) is 6.60. The highest BCUT2D eigenvalue weighted by atomic mass is 16.5. The van der Waals surface area contributed by atoms with Crippen LogP contribution < -0.4 is 0 Å². The summed E-state index contributed by atoms with van der Waals surface area (Å²) in [5.74, 6) is 1.22. The number of hydrogen-bond donors (Lipinski definition) is 1. The van der Waals surface area contributed by atoms with E-state index in [0.29, 0.717) is 24.8 Å². The van der Waals surface area contributed by atoms with Crippen LogP contribution in [0.5, 0.6) is 0 Å². The molecule has 1 saturated heterocycles. The highest BCUT2D eigenvalue weighted by Crippen LogP contribution is 2.27. The Kier molecular flexibility index (Phi) is 3.80. The Bertz CT molecular complexity index is 929. The molecule has 1 unspecified atom stereocenters. The Morgan fingerprint density at radius 3 is 2.84 bits per heavy atom.